The number of imide groups is 1. The number of carbonyl (C=O) groups excluding carboxylic acids is 4. The minimum atomic E-state index is -0.720. The number of halogens is 2. The lowest BCUT2D eigenvalue weighted by molar-refractivity contribution is -0.137. The average Bonchev–Trinajstić information content (AvgIpc) is 3.39. The number of hydrogen-bond acceptors (Lipinski definition) is 12. The highest BCUT2D eigenvalue weighted by molar-refractivity contribution is 6.06. The van der Waals surface area contributed by atoms with Gasteiger partial charge in [-0.1, -0.05) is 6.07 Å². The van der Waals surface area contributed by atoms with Crippen molar-refractivity contribution >= 4 is 54.1 Å². The summed E-state index contributed by atoms with van der Waals surface area (Å²) in [4.78, 5) is 53.0. The molecule has 2 saturated heterocycles. The van der Waals surface area contributed by atoms with Crippen LogP contribution in [0.2, 0.25) is 0 Å². The number of piperazine rings is 1. The molecule has 0 bridgehead atoms. The van der Waals surface area contributed by atoms with Gasteiger partial charge in [-0.15, -0.1) is 24.8 Å². The van der Waals surface area contributed by atoms with Crippen molar-refractivity contribution in [2.45, 2.75) is 25.4 Å². The predicted molar refractivity (Wildman–Crippen MR) is 180 cm³/mol. The fourth-order valence-electron chi connectivity index (χ4n) is 5.28. The van der Waals surface area contributed by atoms with Crippen molar-refractivity contribution in [3.63, 3.8) is 0 Å². The van der Waals surface area contributed by atoms with Crippen LogP contribution in [-0.4, -0.2) is 151 Å². The highest BCUT2D eigenvalue weighted by atomic mass is 35.5. The van der Waals surface area contributed by atoms with Crippen LogP contribution in [-0.2, 0) is 49.3 Å². The average molecular weight is 723 g/mol. The van der Waals surface area contributed by atoms with Crippen molar-refractivity contribution in [2.24, 2.45) is 0 Å². The molecule has 3 heterocycles. The third-order valence-corrected chi connectivity index (χ3v) is 7.71. The molecule has 15 nitrogen and oxygen atoms in total. The van der Waals surface area contributed by atoms with Gasteiger partial charge in [0.1, 0.15) is 12.6 Å². The molecule has 1 aromatic rings. The van der Waals surface area contributed by atoms with Crippen LogP contribution in [0.3, 0.4) is 0 Å². The maximum absolute atomic E-state index is 12.9. The summed E-state index contributed by atoms with van der Waals surface area (Å²) in [6.07, 6.45) is 0.447. The zero-order valence-electron chi connectivity index (χ0n) is 27.2. The Kier molecular flexibility index (Phi) is 20.7. The topological polar surface area (TPSA) is 166 Å². The lowest BCUT2D eigenvalue weighted by atomic mass is 10.0. The molecule has 1 unspecified atom stereocenters. The fourth-order valence-corrected chi connectivity index (χ4v) is 5.28. The maximum atomic E-state index is 12.9. The van der Waals surface area contributed by atoms with Gasteiger partial charge in [-0.2, -0.15) is 0 Å². The van der Waals surface area contributed by atoms with Crippen molar-refractivity contribution in [1.29, 1.82) is 0 Å². The predicted octanol–water partition coefficient (Wildman–Crippen LogP) is 0.235. The van der Waals surface area contributed by atoms with Crippen molar-refractivity contribution < 1.29 is 47.6 Å². The number of amides is 4. The monoisotopic (exact) mass is 721 g/mol. The first-order chi connectivity index (χ1) is 22.5. The molecule has 0 radical (unpaired) electrons. The van der Waals surface area contributed by atoms with Crippen molar-refractivity contribution in [2.75, 3.05) is 117 Å². The zero-order valence-corrected chi connectivity index (χ0v) is 28.9. The third-order valence-electron chi connectivity index (χ3n) is 7.71. The SMILES string of the molecule is Cl.Cl.O=C1CCC(N2Cc3c(NC(=O)COCCOCCOCCOCCOCCOCCN4CCNCC4)cccc3C2=O)C(=O)N1. The summed E-state index contributed by atoms with van der Waals surface area (Å²) in [5, 5.41) is 8.40. The summed E-state index contributed by atoms with van der Waals surface area (Å²) >= 11 is 0. The molecule has 272 valence electrons. The maximum Gasteiger partial charge on any atom is 0.255 e. The Morgan fingerprint density at radius 3 is 1.94 bits per heavy atom. The summed E-state index contributed by atoms with van der Waals surface area (Å²) in [5.41, 5.74) is 1.54. The molecule has 1 atom stereocenters. The summed E-state index contributed by atoms with van der Waals surface area (Å²) in [6, 6.07) is 4.32. The van der Waals surface area contributed by atoms with Crippen LogP contribution in [0, 0.1) is 0 Å². The number of nitrogens with one attached hydrogen (secondary N) is 3. The number of ether oxygens (including phenoxy) is 6. The van der Waals surface area contributed by atoms with Gasteiger partial charge in [0.05, 0.1) is 72.7 Å². The normalized spacial score (nSPS) is 17.8. The number of nitrogens with zero attached hydrogens (tertiary/aromatic N) is 2. The van der Waals surface area contributed by atoms with Gasteiger partial charge in [0.25, 0.3) is 5.91 Å². The smallest absolute Gasteiger partial charge is 0.255 e. The molecular weight excluding hydrogens is 673 g/mol. The zero-order chi connectivity index (χ0) is 32.4. The molecule has 3 aliphatic heterocycles. The number of anilines is 1. The summed E-state index contributed by atoms with van der Waals surface area (Å²) in [7, 11) is 0. The largest absolute Gasteiger partial charge is 0.378 e. The molecule has 4 amide bonds. The Bertz CT molecular complexity index is 1140. The molecule has 0 aliphatic carbocycles. The van der Waals surface area contributed by atoms with Crippen molar-refractivity contribution in [3.8, 4) is 0 Å². The van der Waals surface area contributed by atoms with E-state index in [1.54, 1.807) is 18.2 Å². The Hall–Kier alpha value is -2.44. The minimum Gasteiger partial charge on any atom is -0.378 e. The Morgan fingerprint density at radius 2 is 1.35 bits per heavy atom. The molecule has 0 saturated carbocycles. The summed E-state index contributed by atoms with van der Waals surface area (Å²) < 4.78 is 33.0. The molecule has 2 fully saturated rings. The Morgan fingerprint density at radius 1 is 0.792 bits per heavy atom. The van der Waals surface area contributed by atoms with Crippen LogP contribution in [0.4, 0.5) is 5.69 Å². The van der Waals surface area contributed by atoms with E-state index in [-0.39, 0.29) is 75.1 Å². The van der Waals surface area contributed by atoms with E-state index in [9.17, 15) is 19.2 Å². The quantitative estimate of drug-likeness (QED) is 0.110. The van der Waals surface area contributed by atoms with Gasteiger partial charge >= 0.3 is 0 Å². The van der Waals surface area contributed by atoms with Crippen LogP contribution in [0.5, 0.6) is 0 Å². The van der Waals surface area contributed by atoms with E-state index < -0.39 is 11.9 Å². The van der Waals surface area contributed by atoms with E-state index in [4.69, 9.17) is 28.4 Å². The number of benzene rings is 1. The highest BCUT2D eigenvalue weighted by Crippen LogP contribution is 2.32. The molecule has 17 heteroatoms. The number of rotatable bonds is 22. The van der Waals surface area contributed by atoms with E-state index in [1.807, 2.05) is 0 Å². The number of hydrogen-bond donors (Lipinski definition) is 3. The van der Waals surface area contributed by atoms with Crippen LogP contribution < -0.4 is 16.0 Å². The second-order valence-corrected chi connectivity index (χ2v) is 11.0. The second-order valence-electron chi connectivity index (χ2n) is 11.0. The Labute approximate surface area is 293 Å². The molecule has 3 N–H and O–H groups in total. The number of fused-ring (bicyclic) bond motifs is 1. The molecule has 1 aromatic carbocycles. The molecule has 0 spiro atoms. The van der Waals surface area contributed by atoms with E-state index >= 15 is 0 Å². The first-order valence-electron chi connectivity index (χ1n) is 16.0. The van der Waals surface area contributed by atoms with E-state index in [0.717, 1.165) is 39.3 Å². The van der Waals surface area contributed by atoms with Gasteiger partial charge in [-0.05, 0) is 18.6 Å². The van der Waals surface area contributed by atoms with Gasteiger partial charge in [-0.3, -0.25) is 29.4 Å². The van der Waals surface area contributed by atoms with E-state index in [0.29, 0.717) is 76.3 Å². The molecule has 3 aliphatic rings. The van der Waals surface area contributed by atoms with Crippen LogP contribution in [0.25, 0.3) is 0 Å². The second kappa shape index (κ2) is 23.8. The number of piperidine rings is 1. The summed E-state index contributed by atoms with van der Waals surface area (Å²) in [6.45, 7) is 10.3. The van der Waals surface area contributed by atoms with Crippen LogP contribution in [0.1, 0.15) is 28.8 Å². The standard InChI is InChI=1S/C31H47N5O10.2ClH/c37-28-5-4-27(30(39)34-28)36-22-25-24(31(36)40)2-1-3-26(25)33-29(38)23-46-21-20-45-19-18-44-17-16-43-15-14-42-13-12-41-11-10-35-8-6-32-7-9-35;;/h1-3,27,32H,4-23H2,(H,33,38)(H,34,37,39);2*1H. The van der Waals surface area contributed by atoms with Gasteiger partial charge in [-0.25, -0.2) is 0 Å². The lowest BCUT2D eigenvalue weighted by Crippen LogP contribution is -2.52. The molecule has 48 heavy (non-hydrogen) atoms. The minimum absolute atomic E-state index is 0. The van der Waals surface area contributed by atoms with Gasteiger partial charge in [0, 0.05) is 62.5 Å². The fraction of sp³-hybridized carbons (Fsp3) is 0.677. The van der Waals surface area contributed by atoms with Gasteiger partial charge in [0.2, 0.25) is 17.7 Å². The van der Waals surface area contributed by atoms with Gasteiger partial charge in [0.15, 0.2) is 0 Å². The van der Waals surface area contributed by atoms with Crippen molar-refractivity contribution in [1.82, 2.24) is 20.4 Å². The van der Waals surface area contributed by atoms with Crippen LogP contribution in [0.15, 0.2) is 18.2 Å². The van der Waals surface area contributed by atoms with E-state index in [1.165, 1.54) is 4.90 Å². The number of carbonyl (C=O) groups is 4. The van der Waals surface area contributed by atoms with Gasteiger partial charge < -0.3 is 44.0 Å². The first-order valence-corrected chi connectivity index (χ1v) is 16.0. The molecule has 4 rings (SSSR count). The summed E-state index contributed by atoms with van der Waals surface area (Å²) in [5.74, 6) is -1.50. The van der Waals surface area contributed by atoms with Crippen molar-refractivity contribution in [3.05, 3.63) is 29.3 Å². The molecular formula is C31H49Cl2N5O10. The van der Waals surface area contributed by atoms with E-state index in [2.05, 4.69) is 20.9 Å². The Balaban J connectivity index is 0.00000400. The highest BCUT2D eigenvalue weighted by Gasteiger charge is 2.40. The third kappa shape index (κ3) is 14.2. The molecule has 0 aromatic heterocycles. The first kappa shape index (κ1) is 41.7. The lowest BCUT2D eigenvalue weighted by Gasteiger charge is -2.29. The van der Waals surface area contributed by atoms with Crippen LogP contribution >= 0.6 is 24.8 Å².